The summed E-state index contributed by atoms with van der Waals surface area (Å²) in [6, 6.07) is 2.08. The SMILES string of the molecule is CC(C)C(C#N)C(=O)CC1CC1. The van der Waals surface area contributed by atoms with Crippen LogP contribution in [-0.4, -0.2) is 5.78 Å². The van der Waals surface area contributed by atoms with Crippen LogP contribution in [0.5, 0.6) is 0 Å². The summed E-state index contributed by atoms with van der Waals surface area (Å²) in [5.41, 5.74) is 0. The number of hydrogen-bond donors (Lipinski definition) is 0. The van der Waals surface area contributed by atoms with Crippen molar-refractivity contribution in [3.05, 3.63) is 0 Å². The number of Topliss-reactive ketones (excluding diaryl/α,β-unsaturated/α-hetero) is 1. The number of rotatable bonds is 4. The van der Waals surface area contributed by atoms with Crippen LogP contribution in [0.15, 0.2) is 0 Å². The lowest BCUT2D eigenvalue weighted by molar-refractivity contribution is -0.122. The third-order valence-corrected chi connectivity index (χ3v) is 2.34. The third-order valence-electron chi connectivity index (χ3n) is 2.34. The third kappa shape index (κ3) is 2.34. The van der Waals surface area contributed by atoms with Gasteiger partial charge in [-0.2, -0.15) is 5.26 Å². The Morgan fingerprint density at radius 3 is 2.50 bits per heavy atom. The molecule has 2 nitrogen and oxygen atoms in total. The van der Waals surface area contributed by atoms with Gasteiger partial charge in [0.2, 0.25) is 0 Å². The zero-order valence-corrected chi connectivity index (χ0v) is 7.71. The van der Waals surface area contributed by atoms with E-state index in [1.807, 2.05) is 13.8 Å². The van der Waals surface area contributed by atoms with Crippen molar-refractivity contribution in [2.75, 3.05) is 0 Å². The van der Waals surface area contributed by atoms with E-state index in [0.717, 1.165) is 0 Å². The van der Waals surface area contributed by atoms with Crippen LogP contribution in [-0.2, 0) is 4.79 Å². The summed E-state index contributed by atoms with van der Waals surface area (Å²) in [6.07, 6.45) is 3.00. The minimum atomic E-state index is -0.370. The van der Waals surface area contributed by atoms with E-state index < -0.39 is 0 Å². The Bertz CT molecular complexity index is 210. The van der Waals surface area contributed by atoms with Gasteiger partial charge in [-0.15, -0.1) is 0 Å². The lowest BCUT2D eigenvalue weighted by Crippen LogP contribution is -2.18. The summed E-state index contributed by atoms with van der Waals surface area (Å²) in [5.74, 6) is 0.550. The van der Waals surface area contributed by atoms with E-state index in [9.17, 15) is 4.79 Å². The van der Waals surface area contributed by atoms with Crippen molar-refractivity contribution in [1.82, 2.24) is 0 Å². The van der Waals surface area contributed by atoms with Crippen LogP contribution in [0.3, 0.4) is 0 Å². The molecular formula is C10H15NO. The molecule has 2 heteroatoms. The lowest BCUT2D eigenvalue weighted by Gasteiger charge is -2.10. The summed E-state index contributed by atoms with van der Waals surface area (Å²) in [4.78, 5) is 11.4. The smallest absolute Gasteiger partial charge is 0.150 e. The molecule has 1 fully saturated rings. The first kappa shape index (κ1) is 9.25. The molecule has 0 aromatic rings. The van der Waals surface area contributed by atoms with Crippen molar-refractivity contribution in [1.29, 1.82) is 5.26 Å². The second-order valence-electron chi connectivity index (χ2n) is 3.96. The molecule has 12 heavy (non-hydrogen) atoms. The molecule has 66 valence electrons. The molecule has 0 N–H and O–H groups in total. The standard InChI is InChI=1S/C10H15NO/c1-7(2)9(6-11)10(12)5-8-3-4-8/h7-9H,3-5H2,1-2H3. The summed E-state index contributed by atoms with van der Waals surface area (Å²) in [5, 5.41) is 8.73. The Hall–Kier alpha value is -0.840. The molecular weight excluding hydrogens is 150 g/mol. The second-order valence-corrected chi connectivity index (χ2v) is 3.96. The quantitative estimate of drug-likeness (QED) is 0.640. The number of hydrogen-bond acceptors (Lipinski definition) is 2. The van der Waals surface area contributed by atoms with E-state index in [2.05, 4.69) is 6.07 Å². The predicted octanol–water partition coefficient (Wildman–Crippen LogP) is 2.15. The number of carbonyl (C=O) groups is 1. The summed E-state index contributed by atoms with van der Waals surface area (Å²) in [6.45, 7) is 3.86. The fraction of sp³-hybridized carbons (Fsp3) is 0.800. The minimum absolute atomic E-state index is 0.148. The maximum absolute atomic E-state index is 11.4. The Kier molecular flexibility index (Phi) is 2.86. The molecule has 1 unspecified atom stereocenters. The normalized spacial score (nSPS) is 18.8. The molecule has 0 radical (unpaired) electrons. The van der Waals surface area contributed by atoms with Gasteiger partial charge in [-0.3, -0.25) is 4.79 Å². The molecule has 0 bridgehead atoms. The Morgan fingerprint density at radius 2 is 2.17 bits per heavy atom. The van der Waals surface area contributed by atoms with Crippen LogP contribution in [0.2, 0.25) is 0 Å². The molecule has 0 amide bonds. The molecule has 0 aromatic heterocycles. The average molecular weight is 165 g/mol. The van der Waals surface area contributed by atoms with Gasteiger partial charge in [0.1, 0.15) is 5.92 Å². The lowest BCUT2D eigenvalue weighted by atomic mass is 9.90. The highest BCUT2D eigenvalue weighted by Crippen LogP contribution is 2.34. The molecule has 0 spiro atoms. The van der Waals surface area contributed by atoms with Crippen molar-refractivity contribution in [2.45, 2.75) is 33.1 Å². The topological polar surface area (TPSA) is 40.9 Å². The van der Waals surface area contributed by atoms with E-state index in [-0.39, 0.29) is 17.6 Å². The minimum Gasteiger partial charge on any atom is -0.298 e. The fourth-order valence-electron chi connectivity index (χ4n) is 1.33. The average Bonchev–Trinajstić information content (AvgIpc) is 2.71. The Balaban J connectivity index is 2.42. The van der Waals surface area contributed by atoms with Crippen molar-refractivity contribution in [2.24, 2.45) is 17.8 Å². The highest BCUT2D eigenvalue weighted by molar-refractivity contribution is 5.83. The number of nitriles is 1. The van der Waals surface area contributed by atoms with Crippen LogP contribution in [0.1, 0.15) is 33.1 Å². The van der Waals surface area contributed by atoms with E-state index in [0.29, 0.717) is 12.3 Å². The van der Waals surface area contributed by atoms with Gasteiger partial charge >= 0.3 is 0 Å². The van der Waals surface area contributed by atoms with Gasteiger partial charge in [0, 0.05) is 6.42 Å². The first-order valence-electron chi connectivity index (χ1n) is 4.57. The number of ketones is 1. The van der Waals surface area contributed by atoms with Gasteiger partial charge in [-0.05, 0) is 24.7 Å². The highest BCUT2D eigenvalue weighted by Gasteiger charge is 2.29. The number of carbonyl (C=O) groups excluding carboxylic acids is 1. The summed E-state index contributed by atoms with van der Waals surface area (Å²) < 4.78 is 0. The Labute approximate surface area is 73.6 Å². The van der Waals surface area contributed by atoms with E-state index in [1.165, 1.54) is 12.8 Å². The summed E-state index contributed by atoms with van der Waals surface area (Å²) in [7, 11) is 0. The maximum Gasteiger partial charge on any atom is 0.150 e. The zero-order valence-electron chi connectivity index (χ0n) is 7.71. The molecule has 0 heterocycles. The number of nitrogens with zero attached hydrogens (tertiary/aromatic N) is 1. The van der Waals surface area contributed by atoms with E-state index >= 15 is 0 Å². The van der Waals surface area contributed by atoms with Crippen molar-refractivity contribution in [3.8, 4) is 6.07 Å². The van der Waals surface area contributed by atoms with Gasteiger partial charge in [-0.25, -0.2) is 0 Å². The molecule has 1 rings (SSSR count). The van der Waals surface area contributed by atoms with Crippen molar-refractivity contribution < 1.29 is 4.79 Å². The zero-order chi connectivity index (χ0) is 9.14. The molecule has 1 aliphatic carbocycles. The molecule has 1 aliphatic rings. The first-order chi connectivity index (χ1) is 5.65. The van der Waals surface area contributed by atoms with Crippen LogP contribution < -0.4 is 0 Å². The van der Waals surface area contributed by atoms with Gasteiger partial charge in [0.25, 0.3) is 0 Å². The monoisotopic (exact) mass is 165 g/mol. The second kappa shape index (κ2) is 3.71. The van der Waals surface area contributed by atoms with Gasteiger partial charge in [0.05, 0.1) is 6.07 Å². The van der Waals surface area contributed by atoms with Crippen molar-refractivity contribution in [3.63, 3.8) is 0 Å². The Morgan fingerprint density at radius 1 is 1.58 bits per heavy atom. The van der Waals surface area contributed by atoms with E-state index in [4.69, 9.17) is 5.26 Å². The predicted molar refractivity (Wildman–Crippen MR) is 46.3 cm³/mol. The molecule has 0 aromatic carbocycles. The molecule has 0 aliphatic heterocycles. The molecule has 1 saturated carbocycles. The van der Waals surface area contributed by atoms with Crippen LogP contribution in [0, 0.1) is 29.1 Å². The van der Waals surface area contributed by atoms with Gasteiger partial charge < -0.3 is 0 Å². The molecule has 0 saturated heterocycles. The van der Waals surface area contributed by atoms with Crippen LogP contribution in [0.4, 0.5) is 0 Å². The largest absolute Gasteiger partial charge is 0.298 e. The fourth-order valence-corrected chi connectivity index (χ4v) is 1.33. The van der Waals surface area contributed by atoms with Gasteiger partial charge in [0.15, 0.2) is 5.78 Å². The van der Waals surface area contributed by atoms with Crippen molar-refractivity contribution >= 4 is 5.78 Å². The summed E-state index contributed by atoms with van der Waals surface area (Å²) >= 11 is 0. The van der Waals surface area contributed by atoms with Crippen LogP contribution in [0.25, 0.3) is 0 Å². The van der Waals surface area contributed by atoms with Crippen LogP contribution >= 0.6 is 0 Å². The highest BCUT2D eigenvalue weighted by atomic mass is 16.1. The maximum atomic E-state index is 11.4. The molecule has 1 atom stereocenters. The van der Waals surface area contributed by atoms with Gasteiger partial charge in [-0.1, -0.05) is 13.8 Å². The van der Waals surface area contributed by atoms with E-state index in [1.54, 1.807) is 0 Å². The first-order valence-corrected chi connectivity index (χ1v) is 4.57.